The Bertz CT molecular complexity index is 327. The van der Waals surface area contributed by atoms with Crippen LogP contribution in [0, 0.1) is 0 Å². The van der Waals surface area contributed by atoms with Crippen LogP contribution in [0.5, 0.6) is 0 Å². The van der Waals surface area contributed by atoms with E-state index in [1.54, 1.807) is 0 Å². The van der Waals surface area contributed by atoms with Crippen LogP contribution < -0.4 is 10.6 Å². The van der Waals surface area contributed by atoms with Gasteiger partial charge in [-0.1, -0.05) is 26.7 Å². The Morgan fingerprint density at radius 1 is 0.667 bits per heavy atom. The van der Waals surface area contributed by atoms with Gasteiger partial charge in [0.05, 0.1) is 0 Å². The zero-order valence-electron chi connectivity index (χ0n) is 10.4. The highest BCUT2D eigenvalue weighted by molar-refractivity contribution is 6.13. The average molecular weight is 252 g/mol. The summed E-state index contributed by atoms with van der Waals surface area (Å²) in [5, 5.41) is 4.06. The lowest BCUT2D eigenvalue weighted by Crippen LogP contribution is -2.19. The average Bonchev–Trinajstić information content (AvgIpc) is 2.88. The lowest BCUT2D eigenvalue weighted by Gasteiger charge is -1.80. The summed E-state index contributed by atoms with van der Waals surface area (Å²) >= 11 is 0. The standard InChI is InChI=1S/2C4H3NO2.C4H10/c2*6-3-1-2-4(7)5-3;1-3-4-2/h2*1-2H,(H,5,6,7);3-4H2,1-2H3. The molecule has 2 N–H and O–H groups in total. The van der Waals surface area contributed by atoms with Crippen LogP contribution in [0.4, 0.5) is 0 Å². The molecule has 2 aliphatic heterocycles. The monoisotopic (exact) mass is 252 g/mol. The van der Waals surface area contributed by atoms with Gasteiger partial charge in [0.1, 0.15) is 0 Å². The van der Waals surface area contributed by atoms with Crippen LogP contribution in [0.3, 0.4) is 0 Å². The lowest BCUT2D eigenvalue weighted by atomic mass is 10.4. The number of rotatable bonds is 1. The van der Waals surface area contributed by atoms with Crippen molar-refractivity contribution in [3.05, 3.63) is 24.3 Å². The number of carbonyl (C=O) groups excluding carboxylic acids is 4. The molecule has 0 aliphatic carbocycles. The van der Waals surface area contributed by atoms with E-state index in [-0.39, 0.29) is 23.6 Å². The SMILES string of the molecule is CCCC.O=C1C=CC(=O)N1.O=C1C=CC(=O)N1. The molecule has 0 bridgehead atoms. The molecule has 2 heterocycles. The van der Waals surface area contributed by atoms with Crippen molar-refractivity contribution in [2.45, 2.75) is 26.7 Å². The zero-order valence-corrected chi connectivity index (χ0v) is 10.4. The molecule has 0 aromatic carbocycles. The van der Waals surface area contributed by atoms with Crippen molar-refractivity contribution in [1.29, 1.82) is 0 Å². The van der Waals surface area contributed by atoms with Crippen molar-refractivity contribution in [2.75, 3.05) is 0 Å². The van der Waals surface area contributed by atoms with Gasteiger partial charge in [0.15, 0.2) is 0 Å². The Hall–Kier alpha value is -2.24. The van der Waals surface area contributed by atoms with Crippen molar-refractivity contribution in [1.82, 2.24) is 10.6 Å². The van der Waals surface area contributed by atoms with E-state index < -0.39 is 0 Å². The second-order valence-corrected chi connectivity index (χ2v) is 3.37. The van der Waals surface area contributed by atoms with E-state index in [9.17, 15) is 19.2 Å². The molecule has 98 valence electrons. The highest BCUT2D eigenvalue weighted by atomic mass is 16.2. The first-order valence-corrected chi connectivity index (χ1v) is 5.55. The summed E-state index contributed by atoms with van der Waals surface area (Å²) in [5.74, 6) is -1.31. The van der Waals surface area contributed by atoms with Crippen LogP contribution in [-0.4, -0.2) is 23.6 Å². The van der Waals surface area contributed by atoms with Gasteiger partial charge in [-0.05, 0) is 0 Å². The lowest BCUT2D eigenvalue weighted by molar-refractivity contribution is -0.125. The number of imide groups is 2. The van der Waals surface area contributed by atoms with E-state index in [0.29, 0.717) is 0 Å². The minimum Gasteiger partial charge on any atom is -0.289 e. The summed E-state index contributed by atoms with van der Waals surface area (Å²) < 4.78 is 0. The summed E-state index contributed by atoms with van der Waals surface area (Å²) in [6, 6.07) is 0. The molecule has 4 amide bonds. The highest BCUT2D eigenvalue weighted by Gasteiger charge is 2.07. The molecule has 0 fully saturated rings. The molecular formula is C12H16N2O4. The molecular weight excluding hydrogens is 236 g/mol. The Morgan fingerprint density at radius 2 is 0.889 bits per heavy atom. The fourth-order valence-electron chi connectivity index (χ4n) is 0.712. The fraction of sp³-hybridized carbons (Fsp3) is 0.333. The maximum absolute atomic E-state index is 10.0. The Balaban J connectivity index is 0.000000253. The van der Waals surface area contributed by atoms with Crippen molar-refractivity contribution < 1.29 is 19.2 Å². The molecule has 0 aromatic rings. The maximum Gasteiger partial charge on any atom is 0.250 e. The molecule has 0 saturated carbocycles. The first kappa shape index (κ1) is 15.8. The topological polar surface area (TPSA) is 92.3 Å². The Morgan fingerprint density at radius 3 is 0.944 bits per heavy atom. The molecule has 0 saturated heterocycles. The van der Waals surface area contributed by atoms with Gasteiger partial charge in [0, 0.05) is 24.3 Å². The minimum absolute atomic E-state index is 0.329. The fourth-order valence-corrected chi connectivity index (χ4v) is 0.712. The molecule has 18 heavy (non-hydrogen) atoms. The normalized spacial score (nSPS) is 15.4. The first-order valence-electron chi connectivity index (χ1n) is 5.55. The number of unbranched alkanes of at least 4 members (excludes halogenated alkanes) is 1. The molecule has 6 nitrogen and oxygen atoms in total. The van der Waals surface area contributed by atoms with Gasteiger partial charge in [0.25, 0.3) is 23.6 Å². The second-order valence-electron chi connectivity index (χ2n) is 3.37. The van der Waals surface area contributed by atoms with Crippen LogP contribution in [0.2, 0.25) is 0 Å². The van der Waals surface area contributed by atoms with Gasteiger partial charge >= 0.3 is 0 Å². The molecule has 0 radical (unpaired) electrons. The van der Waals surface area contributed by atoms with Crippen molar-refractivity contribution in [2.24, 2.45) is 0 Å². The van der Waals surface area contributed by atoms with Crippen LogP contribution in [0.25, 0.3) is 0 Å². The predicted molar refractivity (Wildman–Crippen MR) is 65.2 cm³/mol. The van der Waals surface area contributed by atoms with Crippen LogP contribution in [-0.2, 0) is 19.2 Å². The molecule has 0 atom stereocenters. The predicted octanol–water partition coefficient (Wildman–Crippen LogP) is 0.204. The first-order chi connectivity index (χ1) is 8.49. The molecule has 2 aliphatic rings. The van der Waals surface area contributed by atoms with Gasteiger partial charge in [0.2, 0.25) is 0 Å². The summed E-state index contributed by atoms with van der Waals surface area (Å²) in [6.45, 7) is 4.36. The summed E-state index contributed by atoms with van der Waals surface area (Å²) in [4.78, 5) is 40.1. The summed E-state index contributed by atoms with van der Waals surface area (Å²) in [5.41, 5.74) is 0. The maximum atomic E-state index is 10.0. The van der Waals surface area contributed by atoms with Gasteiger partial charge < -0.3 is 0 Å². The van der Waals surface area contributed by atoms with E-state index in [4.69, 9.17) is 0 Å². The van der Waals surface area contributed by atoms with Crippen molar-refractivity contribution >= 4 is 23.6 Å². The molecule has 6 heteroatoms. The molecule has 2 rings (SSSR count). The van der Waals surface area contributed by atoms with Crippen molar-refractivity contribution in [3.63, 3.8) is 0 Å². The Labute approximate surface area is 105 Å². The van der Waals surface area contributed by atoms with E-state index in [2.05, 4.69) is 13.8 Å². The highest BCUT2D eigenvalue weighted by Crippen LogP contribution is 1.83. The van der Waals surface area contributed by atoms with Gasteiger partial charge in [-0.3, -0.25) is 29.8 Å². The van der Waals surface area contributed by atoms with Gasteiger partial charge in [-0.15, -0.1) is 0 Å². The van der Waals surface area contributed by atoms with E-state index in [1.807, 2.05) is 10.6 Å². The molecule has 0 spiro atoms. The zero-order chi connectivity index (χ0) is 14.0. The third kappa shape index (κ3) is 7.98. The van der Waals surface area contributed by atoms with E-state index >= 15 is 0 Å². The number of amides is 4. The largest absolute Gasteiger partial charge is 0.289 e. The quantitative estimate of drug-likeness (QED) is 0.652. The van der Waals surface area contributed by atoms with Gasteiger partial charge in [-0.25, -0.2) is 0 Å². The number of hydrogen-bond donors (Lipinski definition) is 2. The van der Waals surface area contributed by atoms with E-state index in [0.717, 1.165) is 0 Å². The smallest absolute Gasteiger partial charge is 0.250 e. The third-order valence-electron chi connectivity index (χ3n) is 1.76. The van der Waals surface area contributed by atoms with E-state index in [1.165, 1.54) is 37.1 Å². The summed E-state index contributed by atoms with van der Waals surface area (Å²) in [6.07, 6.45) is 7.43. The number of nitrogens with one attached hydrogen (secondary N) is 2. The third-order valence-corrected chi connectivity index (χ3v) is 1.76. The van der Waals surface area contributed by atoms with Crippen molar-refractivity contribution in [3.8, 4) is 0 Å². The minimum atomic E-state index is -0.329. The number of carbonyl (C=O) groups is 4. The van der Waals surface area contributed by atoms with Crippen LogP contribution in [0.1, 0.15) is 26.7 Å². The van der Waals surface area contributed by atoms with Crippen LogP contribution >= 0.6 is 0 Å². The summed E-state index contributed by atoms with van der Waals surface area (Å²) in [7, 11) is 0. The Kier molecular flexibility index (Phi) is 7.76. The second kappa shape index (κ2) is 8.86. The number of hydrogen-bond acceptors (Lipinski definition) is 4. The molecule has 0 unspecified atom stereocenters. The van der Waals surface area contributed by atoms with Crippen LogP contribution in [0.15, 0.2) is 24.3 Å². The van der Waals surface area contributed by atoms with Gasteiger partial charge in [-0.2, -0.15) is 0 Å². The molecule has 0 aromatic heterocycles.